The maximum Gasteiger partial charge on any atom is 0.325 e. The van der Waals surface area contributed by atoms with E-state index in [9.17, 15) is 4.79 Å². The van der Waals surface area contributed by atoms with E-state index >= 15 is 0 Å². The molecule has 5 nitrogen and oxygen atoms in total. The predicted octanol–water partition coefficient (Wildman–Crippen LogP) is 1.67. The molecule has 0 saturated carbocycles. The molecule has 0 aliphatic carbocycles. The Morgan fingerprint density at radius 3 is 2.76 bits per heavy atom. The van der Waals surface area contributed by atoms with Gasteiger partial charge in [0.25, 0.3) is 0 Å². The van der Waals surface area contributed by atoms with Crippen molar-refractivity contribution in [3.8, 4) is 0 Å². The second-order valence-corrected chi connectivity index (χ2v) is 6.22. The number of ether oxygens (including phenoxy) is 2. The third-order valence-electron chi connectivity index (χ3n) is 4.38. The smallest absolute Gasteiger partial charge is 0.325 e. The summed E-state index contributed by atoms with van der Waals surface area (Å²) < 4.78 is 10.1. The number of carbonyl (C=O) groups is 1. The third-order valence-corrected chi connectivity index (χ3v) is 4.38. The van der Waals surface area contributed by atoms with Gasteiger partial charge in [0.2, 0.25) is 0 Å². The van der Waals surface area contributed by atoms with Crippen LogP contribution in [0.1, 0.15) is 39.5 Å². The molecular formula is C16H32N2O3. The molecule has 1 heterocycles. The highest BCUT2D eigenvalue weighted by molar-refractivity contribution is 5.80. The topological polar surface area (TPSA) is 50.8 Å². The molecule has 124 valence electrons. The van der Waals surface area contributed by atoms with E-state index in [-0.39, 0.29) is 5.97 Å². The lowest BCUT2D eigenvalue weighted by Gasteiger charge is -2.27. The second kappa shape index (κ2) is 9.38. The third kappa shape index (κ3) is 5.93. The minimum atomic E-state index is -0.549. The van der Waals surface area contributed by atoms with Crippen molar-refractivity contribution in [1.82, 2.24) is 10.2 Å². The van der Waals surface area contributed by atoms with Gasteiger partial charge in [-0.25, -0.2) is 0 Å². The predicted molar refractivity (Wildman–Crippen MR) is 84.4 cm³/mol. The van der Waals surface area contributed by atoms with E-state index < -0.39 is 5.54 Å². The number of rotatable bonds is 10. The van der Waals surface area contributed by atoms with Crippen LogP contribution in [0.5, 0.6) is 0 Å². The maximum absolute atomic E-state index is 11.9. The Balaban J connectivity index is 2.24. The average Bonchev–Trinajstić information content (AvgIpc) is 2.91. The number of likely N-dealkylation sites (tertiary alicyclic amines) is 1. The van der Waals surface area contributed by atoms with E-state index in [4.69, 9.17) is 9.47 Å². The molecular weight excluding hydrogens is 268 g/mol. The van der Waals surface area contributed by atoms with Crippen molar-refractivity contribution in [2.75, 3.05) is 47.0 Å². The van der Waals surface area contributed by atoms with Crippen molar-refractivity contribution in [1.29, 1.82) is 0 Å². The fourth-order valence-corrected chi connectivity index (χ4v) is 3.18. The van der Waals surface area contributed by atoms with Crippen molar-refractivity contribution >= 4 is 5.97 Å². The van der Waals surface area contributed by atoms with Crippen molar-refractivity contribution in [3.05, 3.63) is 0 Å². The summed E-state index contributed by atoms with van der Waals surface area (Å²) in [5.41, 5.74) is -0.549. The molecule has 0 aromatic heterocycles. The normalized spacial score (nSPS) is 22.2. The Morgan fingerprint density at radius 2 is 2.14 bits per heavy atom. The summed E-state index contributed by atoms with van der Waals surface area (Å²) >= 11 is 0. The first-order chi connectivity index (χ1) is 10.1. The fourth-order valence-electron chi connectivity index (χ4n) is 3.18. The number of nitrogens with one attached hydrogen (secondary N) is 1. The summed E-state index contributed by atoms with van der Waals surface area (Å²) in [6, 6.07) is 0. The second-order valence-electron chi connectivity index (χ2n) is 6.22. The van der Waals surface area contributed by atoms with Gasteiger partial charge in [-0.1, -0.05) is 6.92 Å². The van der Waals surface area contributed by atoms with Crippen LogP contribution in [0.25, 0.3) is 0 Å². The van der Waals surface area contributed by atoms with Crippen LogP contribution in [-0.2, 0) is 14.3 Å². The lowest BCUT2D eigenvalue weighted by molar-refractivity contribution is -0.148. The summed E-state index contributed by atoms with van der Waals surface area (Å²) in [7, 11) is 3.23. The zero-order valence-electron chi connectivity index (χ0n) is 14.1. The number of methoxy groups -OCH3 is 2. The Bertz CT molecular complexity index is 312. The number of carbonyl (C=O) groups excluding carboxylic acids is 1. The van der Waals surface area contributed by atoms with Crippen molar-refractivity contribution in [3.63, 3.8) is 0 Å². The summed E-state index contributed by atoms with van der Waals surface area (Å²) in [4.78, 5) is 14.4. The number of unbranched alkanes of at least 4 members (excludes halogenated alkanes) is 1. The van der Waals surface area contributed by atoms with Crippen LogP contribution in [0.3, 0.4) is 0 Å². The molecule has 1 rings (SSSR count). The zero-order valence-corrected chi connectivity index (χ0v) is 14.1. The average molecular weight is 300 g/mol. The highest BCUT2D eigenvalue weighted by atomic mass is 16.5. The summed E-state index contributed by atoms with van der Waals surface area (Å²) in [5.74, 6) is 0.530. The van der Waals surface area contributed by atoms with Gasteiger partial charge in [-0.15, -0.1) is 0 Å². The van der Waals surface area contributed by atoms with Gasteiger partial charge in [0.1, 0.15) is 5.54 Å². The van der Waals surface area contributed by atoms with E-state index in [1.165, 1.54) is 20.1 Å². The van der Waals surface area contributed by atoms with Gasteiger partial charge in [0, 0.05) is 13.7 Å². The lowest BCUT2D eigenvalue weighted by atomic mass is 9.94. The van der Waals surface area contributed by atoms with Crippen molar-refractivity contribution < 1.29 is 14.3 Å². The van der Waals surface area contributed by atoms with E-state index in [0.29, 0.717) is 5.92 Å². The largest absolute Gasteiger partial charge is 0.468 e. The fraction of sp³-hybridized carbons (Fsp3) is 0.938. The monoisotopic (exact) mass is 300 g/mol. The van der Waals surface area contributed by atoms with Gasteiger partial charge >= 0.3 is 5.97 Å². The Morgan fingerprint density at radius 1 is 1.38 bits per heavy atom. The van der Waals surface area contributed by atoms with Gasteiger partial charge < -0.3 is 19.7 Å². The first-order valence-electron chi connectivity index (χ1n) is 8.10. The molecule has 21 heavy (non-hydrogen) atoms. The minimum Gasteiger partial charge on any atom is -0.468 e. The van der Waals surface area contributed by atoms with Crippen LogP contribution >= 0.6 is 0 Å². The maximum atomic E-state index is 11.9. The molecule has 2 unspecified atom stereocenters. The van der Waals surface area contributed by atoms with Crippen LogP contribution < -0.4 is 5.32 Å². The number of hydrogen-bond donors (Lipinski definition) is 1. The van der Waals surface area contributed by atoms with Crippen LogP contribution in [0.15, 0.2) is 0 Å². The standard InChI is InChI=1S/C16H32N2O3/c1-5-17-16(2,15(19)21-4)9-6-7-10-18-11-8-14(12-18)13-20-3/h14,17H,5-13H2,1-4H3. The molecule has 2 atom stereocenters. The van der Waals surface area contributed by atoms with E-state index in [2.05, 4.69) is 10.2 Å². The van der Waals surface area contributed by atoms with Crippen molar-refractivity contribution in [2.24, 2.45) is 5.92 Å². The molecule has 5 heteroatoms. The van der Waals surface area contributed by atoms with Crippen LogP contribution in [0.4, 0.5) is 0 Å². The molecule has 1 fully saturated rings. The van der Waals surface area contributed by atoms with E-state index in [1.54, 1.807) is 7.11 Å². The molecule has 0 bridgehead atoms. The SMILES string of the molecule is CCNC(C)(CCCCN1CCC(COC)C1)C(=O)OC. The molecule has 1 aliphatic rings. The Kier molecular flexibility index (Phi) is 8.22. The zero-order chi connectivity index (χ0) is 15.7. The Hall–Kier alpha value is -0.650. The van der Waals surface area contributed by atoms with Crippen LogP contribution in [-0.4, -0.2) is 63.4 Å². The quantitative estimate of drug-likeness (QED) is 0.491. The Labute approximate surface area is 129 Å². The molecule has 1 aliphatic heterocycles. The van der Waals surface area contributed by atoms with Gasteiger partial charge in [-0.05, 0) is 58.2 Å². The van der Waals surface area contributed by atoms with Crippen LogP contribution in [0.2, 0.25) is 0 Å². The molecule has 0 aromatic rings. The molecule has 1 N–H and O–H groups in total. The van der Waals surface area contributed by atoms with Crippen molar-refractivity contribution in [2.45, 2.75) is 45.1 Å². The molecule has 0 spiro atoms. The van der Waals surface area contributed by atoms with E-state index in [1.807, 2.05) is 13.8 Å². The van der Waals surface area contributed by atoms with Gasteiger partial charge in [0.05, 0.1) is 13.7 Å². The van der Waals surface area contributed by atoms with Gasteiger partial charge in [0.15, 0.2) is 0 Å². The number of hydrogen-bond acceptors (Lipinski definition) is 5. The number of likely N-dealkylation sites (N-methyl/N-ethyl adjacent to an activating group) is 1. The molecule has 0 aromatic carbocycles. The number of nitrogens with zero attached hydrogens (tertiary/aromatic N) is 1. The molecule has 0 amide bonds. The van der Waals surface area contributed by atoms with E-state index in [0.717, 1.165) is 45.5 Å². The van der Waals surface area contributed by atoms with Gasteiger partial charge in [-0.3, -0.25) is 4.79 Å². The highest BCUT2D eigenvalue weighted by Gasteiger charge is 2.32. The lowest BCUT2D eigenvalue weighted by Crippen LogP contribution is -2.50. The first kappa shape index (κ1) is 18.4. The number of esters is 1. The summed E-state index contributed by atoms with van der Waals surface area (Å²) in [6.45, 7) is 9.04. The summed E-state index contributed by atoms with van der Waals surface area (Å²) in [6.07, 6.45) is 4.22. The highest BCUT2D eigenvalue weighted by Crippen LogP contribution is 2.19. The first-order valence-corrected chi connectivity index (χ1v) is 8.10. The molecule has 1 saturated heterocycles. The molecule has 0 radical (unpaired) electrons. The minimum absolute atomic E-state index is 0.161. The van der Waals surface area contributed by atoms with Gasteiger partial charge in [-0.2, -0.15) is 0 Å². The van der Waals surface area contributed by atoms with Crippen LogP contribution in [0, 0.1) is 5.92 Å². The summed E-state index contributed by atoms with van der Waals surface area (Å²) in [5, 5.41) is 3.26.